The second-order valence-corrected chi connectivity index (χ2v) is 5.98. The molecule has 0 aliphatic carbocycles. The van der Waals surface area contributed by atoms with Gasteiger partial charge in [0.15, 0.2) is 5.82 Å². The predicted octanol–water partition coefficient (Wildman–Crippen LogP) is 3.15. The van der Waals surface area contributed by atoms with Gasteiger partial charge >= 0.3 is 5.97 Å². The van der Waals surface area contributed by atoms with Gasteiger partial charge in [-0.25, -0.2) is 14.1 Å². The molecular formula is C17H22FN3O2. The first-order valence-electron chi connectivity index (χ1n) is 7.67. The van der Waals surface area contributed by atoms with Crippen LogP contribution in [0.5, 0.6) is 0 Å². The summed E-state index contributed by atoms with van der Waals surface area (Å²) in [5, 5.41) is 4.40. The Hall–Kier alpha value is -2.24. The number of carbonyl (C=O) groups excluding carboxylic acids is 1. The van der Waals surface area contributed by atoms with E-state index >= 15 is 0 Å². The standard InChI is InChI=1S/C17H22FN3O2/c1-11(2)5-8-15-19-17(20-21(15)10-16(22)23-4)13-6-7-14(18)12(3)9-13/h6-7,9,11H,5,8,10H2,1-4H3. The normalized spacial score (nSPS) is 11.0. The first-order chi connectivity index (χ1) is 10.9. The molecule has 1 aromatic heterocycles. The van der Waals surface area contributed by atoms with Crippen molar-refractivity contribution in [2.75, 3.05) is 7.11 Å². The molecule has 23 heavy (non-hydrogen) atoms. The Kier molecular flexibility index (Phi) is 5.47. The monoisotopic (exact) mass is 319 g/mol. The Morgan fingerprint density at radius 1 is 1.39 bits per heavy atom. The van der Waals surface area contributed by atoms with Gasteiger partial charge in [0.2, 0.25) is 0 Å². The quantitative estimate of drug-likeness (QED) is 0.768. The topological polar surface area (TPSA) is 57.0 Å². The number of nitrogens with zero attached hydrogens (tertiary/aromatic N) is 3. The zero-order valence-corrected chi connectivity index (χ0v) is 14.0. The fourth-order valence-corrected chi connectivity index (χ4v) is 2.20. The Morgan fingerprint density at radius 2 is 2.13 bits per heavy atom. The van der Waals surface area contributed by atoms with Gasteiger partial charge in [0.1, 0.15) is 18.2 Å². The van der Waals surface area contributed by atoms with E-state index in [-0.39, 0.29) is 18.3 Å². The summed E-state index contributed by atoms with van der Waals surface area (Å²) in [6.07, 6.45) is 1.67. The van der Waals surface area contributed by atoms with Gasteiger partial charge in [-0.15, -0.1) is 0 Å². The van der Waals surface area contributed by atoms with E-state index in [4.69, 9.17) is 4.74 Å². The van der Waals surface area contributed by atoms with Crippen LogP contribution >= 0.6 is 0 Å². The van der Waals surface area contributed by atoms with Crippen LogP contribution in [0.3, 0.4) is 0 Å². The molecule has 0 fully saturated rings. The molecule has 0 bridgehead atoms. The van der Waals surface area contributed by atoms with E-state index in [1.807, 2.05) is 0 Å². The summed E-state index contributed by atoms with van der Waals surface area (Å²) in [5.41, 5.74) is 1.27. The number of rotatable bonds is 6. The molecule has 1 aromatic carbocycles. The summed E-state index contributed by atoms with van der Waals surface area (Å²) >= 11 is 0. The first kappa shape index (κ1) is 17.1. The minimum absolute atomic E-state index is 0.0249. The van der Waals surface area contributed by atoms with Gasteiger partial charge in [-0.3, -0.25) is 4.79 Å². The van der Waals surface area contributed by atoms with Crippen molar-refractivity contribution in [1.29, 1.82) is 0 Å². The number of aryl methyl sites for hydroxylation is 2. The minimum Gasteiger partial charge on any atom is -0.468 e. The van der Waals surface area contributed by atoms with Gasteiger partial charge in [0, 0.05) is 12.0 Å². The number of halogens is 1. The van der Waals surface area contributed by atoms with Gasteiger partial charge in [-0.2, -0.15) is 5.10 Å². The van der Waals surface area contributed by atoms with Gasteiger partial charge < -0.3 is 4.74 Å². The van der Waals surface area contributed by atoms with Crippen LogP contribution in [-0.2, 0) is 22.5 Å². The summed E-state index contributed by atoms with van der Waals surface area (Å²) in [7, 11) is 1.34. The highest BCUT2D eigenvalue weighted by Gasteiger charge is 2.15. The minimum atomic E-state index is -0.373. The summed E-state index contributed by atoms with van der Waals surface area (Å²) in [5.74, 6) is 1.12. The lowest BCUT2D eigenvalue weighted by atomic mass is 10.1. The van der Waals surface area contributed by atoms with E-state index in [2.05, 4.69) is 23.9 Å². The highest BCUT2D eigenvalue weighted by atomic mass is 19.1. The molecule has 5 nitrogen and oxygen atoms in total. The SMILES string of the molecule is COC(=O)Cn1nc(-c2ccc(F)c(C)c2)nc1CCC(C)C. The van der Waals surface area contributed by atoms with Gasteiger partial charge in [0.05, 0.1) is 7.11 Å². The fourth-order valence-electron chi connectivity index (χ4n) is 2.20. The van der Waals surface area contributed by atoms with Gasteiger partial charge in [-0.05, 0) is 43.0 Å². The molecule has 0 radical (unpaired) electrons. The molecule has 0 spiro atoms. The van der Waals surface area contributed by atoms with E-state index in [1.165, 1.54) is 13.2 Å². The van der Waals surface area contributed by atoms with Crippen molar-refractivity contribution in [3.05, 3.63) is 35.4 Å². The molecular weight excluding hydrogens is 297 g/mol. The Morgan fingerprint density at radius 3 is 2.74 bits per heavy atom. The highest BCUT2D eigenvalue weighted by molar-refractivity contribution is 5.69. The third-order valence-corrected chi connectivity index (χ3v) is 3.62. The third kappa shape index (κ3) is 4.37. The largest absolute Gasteiger partial charge is 0.468 e. The molecule has 0 amide bonds. The maximum atomic E-state index is 13.4. The first-order valence-corrected chi connectivity index (χ1v) is 7.67. The van der Waals surface area contributed by atoms with Crippen molar-refractivity contribution in [2.45, 2.75) is 40.2 Å². The molecule has 2 aromatic rings. The van der Waals surface area contributed by atoms with Crippen LogP contribution in [0.2, 0.25) is 0 Å². The molecule has 2 rings (SSSR count). The van der Waals surface area contributed by atoms with Crippen LogP contribution in [0, 0.1) is 18.7 Å². The Bertz CT molecular complexity index is 695. The number of hydrogen-bond donors (Lipinski definition) is 0. The lowest BCUT2D eigenvalue weighted by molar-refractivity contribution is -0.141. The second kappa shape index (κ2) is 7.35. The lowest BCUT2D eigenvalue weighted by Gasteiger charge is -2.06. The Labute approximate surface area is 135 Å². The van der Waals surface area contributed by atoms with Crippen LogP contribution in [0.4, 0.5) is 4.39 Å². The Balaban J connectivity index is 2.34. The van der Waals surface area contributed by atoms with Crippen LogP contribution in [0.25, 0.3) is 11.4 Å². The number of hydrogen-bond acceptors (Lipinski definition) is 4. The van der Waals surface area contributed by atoms with Crippen LogP contribution < -0.4 is 0 Å². The number of benzene rings is 1. The van der Waals surface area contributed by atoms with E-state index in [1.54, 1.807) is 23.7 Å². The molecule has 0 saturated heterocycles. The summed E-state index contributed by atoms with van der Waals surface area (Å²) in [4.78, 5) is 16.1. The number of esters is 1. The van der Waals surface area contributed by atoms with Crippen LogP contribution in [0.15, 0.2) is 18.2 Å². The summed E-state index contributed by atoms with van der Waals surface area (Å²) < 4.78 is 19.7. The second-order valence-electron chi connectivity index (χ2n) is 5.98. The zero-order chi connectivity index (χ0) is 17.0. The maximum Gasteiger partial charge on any atom is 0.327 e. The predicted molar refractivity (Wildman–Crippen MR) is 85.3 cm³/mol. The highest BCUT2D eigenvalue weighted by Crippen LogP contribution is 2.20. The lowest BCUT2D eigenvalue weighted by Crippen LogP contribution is -2.15. The fraction of sp³-hybridized carbons (Fsp3) is 0.471. The van der Waals surface area contributed by atoms with E-state index in [0.29, 0.717) is 17.3 Å². The molecule has 0 atom stereocenters. The van der Waals surface area contributed by atoms with Crippen molar-refractivity contribution in [3.63, 3.8) is 0 Å². The molecule has 0 aliphatic heterocycles. The van der Waals surface area contributed by atoms with E-state index in [9.17, 15) is 9.18 Å². The number of aromatic nitrogens is 3. The summed E-state index contributed by atoms with van der Waals surface area (Å²) in [6, 6.07) is 4.76. The smallest absolute Gasteiger partial charge is 0.327 e. The average Bonchev–Trinajstić information content (AvgIpc) is 2.90. The number of ether oxygens (including phenoxy) is 1. The van der Waals surface area contributed by atoms with Crippen molar-refractivity contribution in [3.8, 4) is 11.4 Å². The molecule has 0 unspecified atom stereocenters. The molecule has 0 aliphatic rings. The van der Waals surface area contributed by atoms with Crippen LogP contribution in [-0.4, -0.2) is 27.8 Å². The summed E-state index contributed by atoms with van der Waals surface area (Å²) in [6.45, 7) is 5.98. The molecule has 0 N–H and O–H groups in total. The number of carbonyl (C=O) groups is 1. The molecule has 0 saturated carbocycles. The van der Waals surface area contributed by atoms with Crippen molar-refractivity contribution in [2.24, 2.45) is 5.92 Å². The van der Waals surface area contributed by atoms with E-state index in [0.717, 1.165) is 24.2 Å². The van der Waals surface area contributed by atoms with Crippen molar-refractivity contribution < 1.29 is 13.9 Å². The van der Waals surface area contributed by atoms with Gasteiger partial charge in [-0.1, -0.05) is 13.8 Å². The van der Waals surface area contributed by atoms with Crippen molar-refractivity contribution >= 4 is 5.97 Å². The maximum absolute atomic E-state index is 13.4. The van der Waals surface area contributed by atoms with E-state index < -0.39 is 0 Å². The number of methoxy groups -OCH3 is 1. The van der Waals surface area contributed by atoms with Crippen molar-refractivity contribution in [1.82, 2.24) is 14.8 Å². The molecule has 124 valence electrons. The van der Waals surface area contributed by atoms with Crippen LogP contribution in [0.1, 0.15) is 31.7 Å². The third-order valence-electron chi connectivity index (χ3n) is 3.62. The average molecular weight is 319 g/mol. The molecule has 1 heterocycles. The van der Waals surface area contributed by atoms with Gasteiger partial charge in [0.25, 0.3) is 0 Å². The molecule has 6 heteroatoms. The zero-order valence-electron chi connectivity index (χ0n) is 14.0.